The summed E-state index contributed by atoms with van der Waals surface area (Å²) in [6, 6.07) is 0. The lowest BCUT2D eigenvalue weighted by molar-refractivity contribution is 0.143. The van der Waals surface area contributed by atoms with Gasteiger partial charge in [-0.15, -0.1) is 0 Å². The van der Waals surface area contributed by atoms with Crippen LogP contribution >= 0.6 is 0 Å². The molecule has 0 spiro atoms. The van der Waals surface area contributed by atoms with Crippen molar-refractivity contribution in [2.24, 2.45) is 5.41 Å². The van der Waals surface area contributed by atoms with Crippen molar-refractivity contribution in [2.75, 3.05) is 0 Å². The SMILES string of the molecule is C=C1/C(=C\C=C(\C)CCCC(C)(C)/C(=C\CC)CCC#CC(C)(C)O)CCCC1O.CC. The molecule has 1 aliphatic rings. The van der Waals surface area contributed by atoms with E-state index in [1.165, 1.54) is 16.7 Å². The summed E-state index contributed by atoms with van der Waals surface area (Å²) in [5.41, 5.74) is 4.20. The average molecular weight is 443 g/mol. The molecule has 32 heavy (non-hydrogen) atoms. The second-order valence-electron chi connectivity index (χ2n) is 9.87. The van der Waals surface area contributed by atoms with Gasteiger partial charge in [-0.2, -0.15) is 0 Å². The molecule has 0 saturated heterocycles. The fraction of sp³-hybridized carbons (Fsp3) is 0.667. The first-order valence-electron chi connectivity index (χ1n) is 12.6. The molecular weight excluding hydrogens is 392 g/mol. The summed E-state index contributed by atoms with van der Waals surface area (Å²) < 4.78 is 0. The van der Waals surface area contributed by atoms with Gasteiger partial charge in [0, 0.05) is 6.42 Å². The van der Waals surface area contributed by atoms with Gasteiger partial charge in [-0.05, 0) is 88.7 Å². The van der Waals surface area contributed by atoms with Crippen LogP contribution in [0, 0.1) is 17.3 Å². The molecule has 2 nitrogen and oxygen atoms in total. The summed E-state index contributed by atoms with van der Waals surface area (Å²) in [5, 5.41) is 19.7. The molecule has 1 aliphatic carbocycles. The Morgan fingerprint density at radius 2 is 1.84 bits per heavy atom. The normalized spacial score (nSPS) is 19.2. The van der Waals surface area contributed by atoms with Gasteiger partial charge in [-0.1, -0.05) is 82.4 Å². The minimum Gasteiger partial charge on any atom is -0.388 e. The molecule has 2 N–H and O–H groups in total. The van der Waals surface area contributed by atoms with Gasteiger partial charge in [0.15, 0.2) is 0 Å². The van der Waals surface area contributed by atoms with Crippen LogP contribution in [0.2, 0.25) is 0 Å². The maximum Gasteiger partial charge on any atom is 0.119 e. The van der Waals surface area contributed by atoms with Crippen molar-refractivity contribution >= 4 is 0 Å². The van der Waals surface area contributed by atoms with E-state index in [1.807, 2.05) is 13.8 Å². The smallest absolute Gasteiger partial charge is 0.119 e. The summed E-state index contributed by atoms with van der Waals surface area (Å²) >= 11 is 0. The predicted molar refractivity (Wildman–Crippen MR) is 141 cm³/mol. The highest BCUT2D eigenvalue weighted by Crippen LogP contribution is 2.36. The summed E-state index contributed by atoms with van der Waals surface area (Å²) in [6.45, 7) is 20.6. The molecule has 182 valence electrons. The highest BCUT2D eigenvalue weighted by Gasteiger charge is 2.22. The van der Waals surface area contributed by atoms with Gasteiger partial charge in [0.1, 0.15) is 5.60 Å². The Kier molecular flexibility index (Phi) is 14.6. The topological polar surface area (TPSA) is 40.5 Å². The van der Waals surface area contributed by atoms with Crippen LogP contribution in [0.1, 0.15) is 113 Å². The molecule has 1 rings (SSSR count). The van der Waals surface area contributed by atoms with Crippen LogP contribution in [0.4, 0.5) is 0 Å². The molecule has 1 saturated carbocycles. The van der Waals surface area contributed by atoms with Crippen molar-refractivity contribution in [1.82, 2.24) is 0 Å². The van der Waals surface area contributed by atoms with E-state index in [-0.39, 0.29) is 11.5 Å². The highest BCUT2D eigenvalue weighted by molar-refractivity contribution is 5.36. The van der Waals surface area contributed by atoms with Gasteiger partial charge in [0.2, 0.25) is 0 Å². The predicted octanol–water partition coefficient (Wildman–Crippen LogP) is 8.07. The minimum atomic E-state index is -0.911. The Balaban J connectivity index is 0.00000466. The van der Waals surface area contributed by atoms with Crippen LogP contribution in [0.15, 0.2) is 47.1 Å². The minimum absolute atomic E-state index is 0.160. The lowest BCUT2D eigenvalue weighted by Gasteiger charge is -2.28. The second-order valence-corrected chi connectivity index (χ2v) is 9.87. The third kappa shape index (κ3) is 12.5. The van der Waals surface area contributed by atoms with Crippen molar-refractivity contribution in [3.8, 4) is 11.8 Å². The molecule has 1 unspecified atom stereocenters. The number of rotatable bonds is 9. The van der Waals surface area contributed by atoms with Crippen molar-refractivity contribution in [2.45, 2.75) is 125 Å². The molecule has 0 bridgehead atoms. The van der Waals surface area contributed by atoms with E-state index in [0.717, 1.165) is 63.4 Å². The zero-order valence-corrected chi connectivity index (χ0v) is 22.3. The van der Waals surface area contributed by atoms with Crippen LogP contribution in [0.25, 0.3) is 0 Å². The van der Waals surface area contributed by atoms with E-state index in [0.29, 0.717) is 0 Å². The van der Waals surface area contributed by atoms with E-state index < -0.39 is 5.60 Å². The lowest BCUT2D eigenvalue weighted by Crippen LogP contribution is -2.16. The van der Waals surface area contributed by atoms with Gasteiger partial charge in [0.05, 0.1) is 6.10 Å². The molecule has 0 aromatic rings. The van der Waals surface area contributed by atoms with E-state index in [1.54, 1.807) is 13.8 Å². The second kappa shape index (κ2) is 15.3. The summed E-state index contributed by atoms with van der Waals surface area (Å²) in [5.74, 6) is 6.05. The van der Waals surface area contributed by atoms with Crippen LogP contribution in [0.3, 0.4) is 0 Å². The first-order valence-corrected chi connectivity index (χ1v) is 12.6. The van der Waals surface area contributed by atoms with Crippen LogP contribution in [-0.4, -0.2) is 21.9 Å². The van der Waals surface area contributed by atoms with Crippen molar-refractivity contribution in [1.29, 1.82) is 0 Å². The number of hydrogen-bond donors (Lipinski definition) is 2. The third-order valence-corrected chi connectivity index (χ3v) is 5.91. The average Bonchev–Trinajstić information content (AvgIpc) is 2.72. The summed E-state index contributed by atoms with van der Waals surface area (Å²) in [4.78, 5) is 0. The molecule has 0 radical (unpaired) electrons. The number of aliphatic hydroxyl groups excluding tert-OH is 1. The van der Waals surface area contributed by atoms with E-state index in [9.17, 15) is 10.2 Å². The molecule has 0 heterocycles. The Morgan fingerprint density at radius 1 is 1.19 bits per heavy atom. The molecule has 2 heteroatoms. The van der Waals surface area contributed by atoms with Crippen molar-refractivity contribution < 1.29 is 10.2 Å². The maximum absolute atomic E-state index is 9.97. The Bertz CT molecular complexity index is 714. The van der Waals surface area contributed by atoms with E-state index in [4.69, 9.17) is 0 Å². The molecule has 1 atom stereocenters. The van der Waals surface area contributed by atoms with Gasteiger partial charge >= 0.3 is 0 Å². The van der Waals surface area contributed by atoms with Gasteiger partial charge < -0.3 is 10.2 Å². The largest absolute Gasteiger partial charge is 0.388 e. The molecular formula is C30H50O2. The molecule has 0 amide bonds. The van der Waals surface area contributed by atoms with Gasteiger partial charge in [-0.3, -0.25) is 0 Å². The Morgan fingerprint density at radius 3 is 2.44 bits per heavy atom. The number of allylic oxidation sites excluding steroid dienone is 5. The van der Waals surface area contributed by atoms with Crippen LogP contribution < -0.4 is 0 Å². The maximum atomic E-state index is 9.97. The van der Waals surface area contributed by atoms with E-state index in [2.05, 4.69) is 64.3 Å². The monoisotopic (exact) mass is 442 g/mol. The first-order chi connectivity index (χ1) is 15.0. The Hall–Kier alpha value is -1.56. The highest BCUT2D eigenvalue weighted by atomic mass is 16.3. The van der Waals surface area contributed by atoms with E-state index >= 15 is 0 Å². The van der Waals surface area contributed by atoms with Crippen molar-refractivity contribution in [3.05, 3.63) is 47.1 Å². The van der Waals surface area contributed by atoms with Gasteiger partial charge in [-0.25, -0.2) is 0 Å². The molecule has 0 aromatic heterocycles. The zero-order valence-electron chi connectivity index (χ0n) is 22.3. The van der Waals surface area contributed by atoms with Crippen LogP contribution in [-0.2, 0) is 0 Å². The summed E-state index contributed by atoms with van der Waals surface area (Å²) in [7, 11) is 0. The number of hydrogen-bond acceptors (Lipinski definition) is 2. The Labute approximate surface area is 199 Å². The quantitative estimate of drug-likeness (QED) is 0.280. The first kappa shape index (κ1) is 30.4. The molecule has 1 fully saturated rings. The fourth-order valence-electron chi connectivity index (χ4n) is 3.96. The number of aliphatic hydroxyl groups is 2. The summed E-state index contributed by atoms with van der Waals surface area (Å²) in [6.07, 6.45) is 15.4. The van der Waals surface area contributed by atoms with Crippen molar-refractivity contribution in [3.63, 3.8) is 0 Å². The fourth-order valence-corrected chi connectivity index (χ4v) is 3.96. The molecule has 0 aliphatic heterocycles. The third-order valence-electron chi connectivity index (χ3n) is 5.91. The lowest BCUT2D eigenvalue weighted by atomic mass is 9.77. The van der Waals surface area contributed by atoms with Gasteiger partial charge in [0.25, 0.3) is 0 Å². The molecule has 0 aromatic carbocycles. The van der Waals surface area contributed by atoms with Crippen LogP contribution in [0.5, 0.6) is 0 Å². The zero-order chi connectivity index (χ0) is 24.8. The standard InChI is InChI=1S/C28H44O2.C2H6/c1-8-13-25(16-9-10-21-28(6,7)30)27(4,5)20-12-14-22(2)18-19-24-15-11-17-26(29)23(24)3;1-2/h13,18-19,26,29-30H,3,8-9,11-12,14-17,20H2,1-2,4-7H3;1-2H3/b22-18-,24-19-,25-13-;.